The van der Waals surface area contributed by atoms with Gasteiger partial charge in [-0.2, -0.15) is 4.39 Å². The van der Waals surface area contributed by atoms with Crippen molar-refractivity contribution in [2.45, 2.75) is 44.6 Å². The first kappa shape index (κ1) is 19.1. The van der Waals surface area contributed by atoms with Crippen LogP contribution in [0, 0.1) is 5.82 Å². The second kappa shape index (κ2) is 7.62. The molecule has 1 aliphatic carbocycles. The van der Waals surface area contributed by atoms with Crippen LogP contribution in [-0.2, 0) is 4.79 Å². The number of rotatable bonds is 5. The first-order valence-electron chi connectivity index (χ1n) is 9.95. The van der Waals surface area contributed by atoms with Crippen molar-refractivity contribution in [1.29, 1.82) is 0 Å². The molecule has 152 valence electrons. The molecule has 1 aromatic rings. The largest absolute Gasteiger partial charge is 0.494 e. The van der Waals surface area contributed by atoms with E-state index in [9.17, 15) is 9.18 Å². The van der Waals surface area contributed by atoms with Crippen LogP contribution >= 0.6 is 0 Å². The molecule has 0 aromatic heterocycles. The van der Waals surface area contributed by atoms with Crippen molar-refractivity contribution in [1.82, 2.24) is 15.3 Å². The molecule has 4 rings (SSSR count). The van der Waals surface area contributed by atoms with E-state index in [-0.39, 0.29) is 11.7 Å². The fourth-order valence-electron chi connectivity index (χ4n) is 4.34. The maximum absolute atomic E-state index is 14.7. The Morgan fingerprint density at radius 3 is 2.46 bits per heavy atom. The lowest BCUT2D eigenvalue weighted by atomic mass is 9.95. The monoisotopic (exact) mass is 389 g/mol. The molecule has 0 unspecified atom stereocenters. The van der Waals surface area contributed by atoms with Crippen molar-refractivity contribution in [3.63, 3.8) is 0 Å². The molecular formula is C21H28FN3O3. The second-order valence-electron chi connectivity index (χ2n) is 7.83. The molecule has 6 nitrogen and oxygen atoms in total. The lowest BCUT2D eigenvalue weighted by Gasteiger charge is -2.36. The Labute approximate surface area is 165 Å². The summed E-state index contributed by atoms with van der Waals surface area (Å²) in [4.78, 5) is 13.5. The number of halogens is 1. The number of hydrogen-bond donors (Lipinski definition) is 1. The number of carbonyl (C=O) groups is 1. The van der Waals surface area contributed by atoms with Gasteiger partial charge in [-0.05, 0) is 48.8 Å². The third-order valence-corrected chi connectivity index (χ3v) is 6.08. The first-order valence-corrected chi connectivity index (χ1v) is 9.95. The maximum atomic E-state index is 14.7. The van der Waals surface area contributed by atoms with Crippen molar-refractivity contribution in [2.75, 3.05) is 33.9 Å². The van der Waals surface area contributed by atoms with Gasteiger partial charge < -0.3 is 19.8 Å². The SMILES string of the molecule is COc1cc(C2=CNN(C3CCN(C(C)=O)CC3)C2)c(C2CC2)c(OC)c1F. The summed E-state index contributed by atoms with van der Waals surface area (Å²) >= 11 is 0. The van der Waals surface area contributed by atoms with Gasteiger partial charge in [0.15, 0.2) is 11.5 Å². The third-order valence-electron chi connectivity index (χ3n) is 6.08. The molecule has 0 bridgehead atoms. The summed E-state index contributed by atoms with van der Waals surface area (Å²) in [6, 6.07) is 2.18. The predicted molar refractivity (Wildman–Crippen MR) is 105 cm³/mol. The molecule has 7 heteroatoms. The Hall–Kier alpha value is -2.28. The van der Waals surface area contributed by atoms with Gasteiger partial charge in [-0.15, -0.1) is 0 Å². The fourth-order valence-corrected chi connectivity index (χ4v) is 4.34. The first-order chi connectivity index (χ1) is 13.5. The van der Waals surface area contributed by atoms with E-state index < -0.39 is 5.82 Å². The summed E-state index contributed by atoms with van der Waals surface area (Å²) in [5.41, 5.74) is 6.47. The van der Waals surface area contributed by atoms with Crippen LogP contribution in [0.4, 0.5) is 4.39 Å². The molecular weight excluding hydrogens is 361 g/mol. The number of amides is 1. The molecule has 2 aliphatic heterocycles. The number of benzene rings is 1. The minimum absolute atomic E-state index is 0.145. The lowest BCUT2D eigenvalue weighted by molar-refractivity contribution is -0.130. The zero-order chi connectivity index (χ0) is 19.8. The Kier molecular flexibility index (Phi) is 5.19. The van der Waals surface area contributed by atoms with Crippen molar-refractivity contribution in [2.24, 2.45) is 0 Å². The van der Waals surface area contributed by atoms with E-state index in [0.29, 0.717) is 17.7 Å². The van der Waals surface area contributed by atoms with Gasteiger partial charge in [0.1, 0.15) is 0 Å². The van der Waals surface area contributed by atoms with Crippen molar-refractivity contribution < 1.29 is 18.7 Å². The van der Waals surface area contributed by atoms with E-state index >= 15 is 0 Å². The smallest absolute Gasteiger partial charge is 0.219 e. The topological polar surface area (TPSA) is 54.0 Å². The minimum Gasteiger partial charge on any atom is -0.494 e. The number of hydrogen-bond acceptors (Lipinski definition) is 5. The quantitative estimate of drug-likeness (QED) is 0.839. The van der Waals surface area contributed by atoms with Gasteiger partial charge in [0.25, 0.3) is 0 Å². The molecule has 3 aliphatic rings. The number of methoxy groups -OCH3 is 2. The molecule has 2 fully saturated rings. The summed E-state index contributed by atoms with van der Waals surface area (Å²) in [7, 11) is 3.00. The van der Waals surface area contributed by atoms with E-state index in [4.69, 9.17) is 9.47 Å². The van der Waals surface area contributed by atoms with Crippen LogP contribution in [0.15, 0.2) is 12.3 Å². The number of likely N-dealkylation sites (tertiary alicyclic amines) is 1. The Morgan fingerprint density at radius 2 is 1.89 bits per heavy atom. The van der Waals surface area contributed by atoms with E-state index in [2.05, 4.69) is 10.4 Å². The number of ether oxygens (including phenoxy) is 2. The molecule has 2 heterocycles. The Bertz CT molecular complexity index is 799. The molecule has 28 heavy (non-hydrogen) atoms. The zero-order valence-corrected chi connectivity index (χ0v) is 16.8. The van der Waals surface area contributed by atoms with Crippen LogP contribution in [0.25, 0.3) is 5.57 Å². The van der Waals surface area contributed by atoms with Gasteiger partial charge in [-0.25, -0.2) is 5.01 Å². The Balaban J connectivity index is 1.55. The molecule has 0 spiro atoms. The lowest BCUT2D eigenvalue weighted by Crippen LogP contribution is -2.48. The summed E-state index contributed by atoms with van der Waals surface area (Å²) < 4.78 is 25.4. The van der Waals surface area contributed by atoms with Crippen LogP contribution < -0.4 is 14.9 Å². The Morgan fingerprint density at radius 1 is 1.18 bits per heavy atom. The maximum Gasteiger partial charge on any atom is 0.219 e. The molecule has 1 amide bonds. The van der Waals surface area contributed by atoms with Crippen LogP contribution in [0.3, 0.4) is 0 Å². The van der Waals surface area contributed by atoms with Gasteiger partial charge in [0, 0.05) is 44.4 Å². The van der Waals surface area contributed by atoms with Gasteiger partial charge in [-0.1, -0.05) is 0 Å². The fraction of sp³-hybridized carbons (Fsp3) is 0.571. The van der Waals surface area contributed by atoms with Crippen molar-refractivity contribution >= 4 is 11.5 Å². The zero-order valence-electron chi connectivity index (χ0n) is 16.8. The number of nitrogens with zero attached hydrogens (tertiary/aromatic N) is 2. The van der Waals surface area contributed by atoms with E-state index in [0.717, 1.165) is 62.0 Å². The minimum atomic E-state index is -0.421. The average molecular weight is 389 g/mol. The van der Waals surface area contributed by atoms with Gasteiger partial charge in [-0.3, -0.25) is 4.79 Å². The van der Waals surface area contributed by atoms with E-state index in [1.807, 2.05) is 11.1 Å². The highest BCUT2D eigenvalue weighted by molar-refractivity contribution is 5.75. The van der Waals surface area contributed by atoms with Gasteiger partial charge in [0.05, 0.1) is 14.2 Å². The molecule has 1 saturated heterocycles. The van der Waals surface area contributed by atoms with Gasteiger partial charge >= 0.3 is 0 Å². The number of carbonyl (C=O) groups excluding carboxylic acids is 1. The summed E-state index contributed by atoms with van der Waals surface area (Å²) in [6.45, 7) is 3.95. The molecule has 0 radical (unpaired) electrons. The second-order valence-corrected chi connectivity index (χ2v) is 7.83. The highest BCUT2D eigenvalue weighted by Gasteiger charge is 2.35. The normalized spacial score (nSPS) is 20.7. The number of nitrogens with one attached hydrogen (secondary N) is 1. The van der Waals surface area contributed by atoms with Crippen LogP contribution in [0.2, 0.25) is 0 Å². The van der Waals surface area contributed by atoms with Crippen LogP contribution in [0.1, 0.15) is 49.7 Å². The third kappa shape index (κ3) is 3.43. The van der Waals surface area contributed by atoms with Crippen molar-refractivity contribution in [3.8, 4) is 11.5 Å². The van der Waals surface area contributed by atoms with E-state index in [1.165, 1.54) is 14.2 Å². The molecule has 1 N–H and O–H groups in total. The van der Waals surface area contributed by atoms with Gasteiger partial charge in [0.2, 0.25) is 11.7 Å². The van der Waals surface area contributed by atoms with Crippen LogP contribution in [-0.4, -0.2) is 55.7 Å². The van der Waals surface area contributed by atoms with Crippen LogP contribution in [0.5, 0.6) is 11.5 Å². The van der Waals surface area contributed by atoms with Crippen molar-refractivity contribution in [3.05, 3.63) is 29.2 Å². The number of piperidine rings is 1. The summed E-state index contributed by atoms with van der Waals surface area (Å²) in [5.74, 6) is 0.595. The highest BCUT2D eigenvalue weighted by atomic mass is 19.1. The summed E-state index contributed by atoms with van der Waals surface area (Å²) in [6.07, 6.45) is 6.01. The van der Waals surface area contributed by atoms with E-state index in [1.54, 1.807) is 13.0 Å². The summed E-state index contributed by atoms with van der Waals surface area (Å²) in [5, 5.41) is 2.23. The highest BCUT2D eigenvalue weighted by Crippen LogP contribution is 2.50. The standard InChI is InChI=1S/C21H28FN3O3/c1-13(26)24-8-6-16(7-9-24)25-12-15(11-23-25)17-10-18(27-2)20(22)21(28-3)19(17)14-4-5-14/h10-11,14,16,23H,4-9,12H2,1-3H3. The predicted octanol–water partition coefficient (Wildman–Crippen LogP) is 2.89. The molecule has 0 atom stereocenters. The molecule has 1 aromatic carbocycles. The average Bonchev–Trinajstić information content (AvgIpc) is 3.43. The number of hydrazine groups is 1. The molecule has 1 saturated carbocycles.